The third-order valence-corrected chi connectivity index (χ3v) is 3.69. The molecule has 96 valence electrons. The van der Waals surface area contributed by atoms with Crippen LogP contribution < -0.4 is 4.72 Å². The Hall–Kier alpha value is -1.44. The molecule has 18 heavy (non-hydrogen) atoms. The van der Waals surface area contributed by atoms with Crippen LogP contribution in [0.4, 0.5) is 0 Å². The van der Waals surface area contributed by atoms with Crippen molar-refractivity contribution in [3.8, 4) is 0 Å². The maximum Gasteiger partial charge on any atom is 0.244 e. The number of hydrogen-bond donors (Lipinski definition) is 1. The predicted octanol–water partition coefficient (Wildman–Crippen LogP) is 1.51. The molecule has 2 aromatic rings. The molecule has 0 aromatic carbocycles. The van der Waals surface area contributed by atoms with Gasteiger partial charge in [0.1, 0.15) is 16.4 Å². The van der Waals surface area contributed by atoms with Crippen molar-refractivity contribution < 1.29 is 12.8 Å². The molecule has 1 N–H and O–H groups in total. The number of sulfonamides is 1. The van der Waals surface area contributed by atoms with Crippen molar-refractivity contribution in [1.29, 1.82) is 0 Å². The topological polar surface area (TPSA) is 85.1 Å². The highest BCUT2D eigenvalue weighted by Gasteiger charge is 2.15. The first-order valence-corrected chi connectivity index (χ1v) is 6.86. The second kappa shape index (κ2) is 5.05. The van der Waals surface area contributed by atoms with E-state index < -0.39 is 10.0 Å². The van der Waals surface area contributed by atoms with Gasteiger partial charge in [-0.25, -0.2) is 23.1 Å². The second-order valence-electron chi connectivity index (χ2n) is 3.52. The molecular weight excluding hydrogens is 278 g/mol. The van der Waals surface area contributed by atoms with E-state index in [0.29, 0.717) is 5.76 Å². The average Bonchev–Trinajstić information content (AvgIpc) is 2.73. The number of furan rings is 1. The molecule has 0 unspecified atom stereocenters. The van der Waals surface area contributed by atoms with Crippen LogP contribution in [0.1, 0.15) is 11.5 Å². The minimum absolute atomic E-state index is 0.00407. The molecule has 0 saturated heterocycles. The van der Waals surface area contributed by atoms with Gasteiger partial charge >= 0.3 is 0 Å². The minimum Gasteiger partial charge on any atom is -0.465 e. The van der Waals surface area contributed by atoms with Gasteiger partial charge in [0.05, 0.1) is 18.9 Å². The molecule has 0 aliphatic heterocycles. The number of aromatic nitrogens is 2. The van der Waals surface area contributed by atoms with Gasteiger partial charge in [-0.05, 0) is 30.7 Å². The van der Waals surface area contributed by atoms with E-state index in [9.17, 15) is 8.42 Å². The molecule has 2 heterocycles. The van der Waals surface area contributed by atoms with Crippen LogP contribution in [0.3, 0.4) is 0 Å². The maximum absolute atomic E-state index is 11.8. The standard InChI is InChI=1S/C10H10ClN3O3S/c1-7-2-3-8(17-7)4-14-18(15,16)9-5-12-10(11)13-6-9/h2-3,5-6,14H,4H2,1H3. The van der Waals surface area contributed by atoms with Crippen LogP contribution >= 0.6 is 11.6 Å². The highest BCUT2D eigenvalue weighted by atomic mass is 35.5. The van der Waals surface area contributed by atoms with Crippen LogP contribution in [-0.2, 0) is 16.6 Å². The van der Waals surface area contributed by atoms with E-state index in [2.05, 4.69) is 14.7 Å². The summed E-state index contributed by atoms with van der Waals surface area (Å²) in [5, 5.41) is -0.00407. The largest absolute Gasteiger partial charge is 0.465 e. The summed E-state index contributed by atoms with van der Waals surface area (Å²) in [4.78, 5) is 7.19. The lowest BCUT2D eigenvalue weighted by atomic mass is 10.4. The zero-order valence-electron chi connectivity index (χ0n) is 9.42. The Bertz CT molecular complexity index is 637. The summed E-state index contributed by atoms with van der Waals surface area (Å²) in [6.45, 7) is 1.85. The molecule has 6 nitrogen and oxygen atoms in total. The number of nitrogens with one attached hydrogen (secondary N) is 1. The molecule has 0 saturated carbocycles. The van der Waals surface area contributed by atoms with Crippen LogP contribution in [0.2, 0.25) is 5.28 Å². The van der Waals surface area contributed by atoms with Gasteiger partial charge in [-0.1, -0.05) is 0 Å². The number of nitrogens with zero attached hydrogens (tertiary/aromatic N) is 2. The van der Waals surface area contributed by atoms with Crippen molar-refractivity contribution in [3.63, 3.8) is 0 Å². The van der Waals surface area contributed by atoms with Crippen LogP contribution in [0, 0.1) is 6.92 Å². The Morgan fingerprint density at radius 2 is 2.00 bits per heavy atom. The van der Waals surface area contributed by atoms with E-state index in [0.717, 1.165) is 18.2 Å². The summed E-state index contributed by atoms with van der Waals surface area (Å²) >= 11 is 5.49. The van der Waals surface area contributed by atoms with Crippen molar-refractivity contribution in [3.05, 3.63) is 41.3 Å². The quantitative estimate of drug-likeness (QED) is 0.862. The van der Waals surface area contributed by atoms with E-state index >= 15 is 0 Å². The molecule has 0 fully saturated rings. The Morgan fingerprint density at radius 1 is 1.33 bits per heavy atom. The van der Waals surface area contributed by atoms with Gasteiger partial charge < -0.3 is 4.42 Å². The lowest BCUT2D eigenvalue weighted by Gasteiger charge is -2.04. The van der Waals surface area contributed by atoms with Crippen LogP contribution in [0.25, 0.3) is 0 Å². The molecule has 0 spiro atoms. The Labute approximate surface area is 109 Å². The smallest absolute Gasteiger partial charge is 0.244 e. The zero-order valence-corrected chi connectivity index (χ0v) is 11.0. The van der Waals surface area contributed by atoms with Crippen molar-refractivity contribution in [1.82, 2.24) is 14.7 Å². The Kier molecular flexibility index (Phi) is 3.65. The molecule has 2 aromatic heterocycles. The lowest BCUT2D eigenvalue weighted by Crippen LogP contribution is -2.23. The average molecular weight is 288 g/mol. The van der Waals surface area contributed by atoms with Crippen LogP contribution in [0.5, 0.6) is 0 Å². The molecule has 0 aliphatic rings. The summed E-state index contributed by atoms with van der Waals surface area (Å²) in [6, 6.07) is 3.46. The molecule has 0 bridgehead atoms. The van der Waals surface area contributed by atoms with Gasteiger partial charge in [0, 0.05) is 0 Å². The highest BCUT2D eigenvalue weighted by Crippen LogP contribution is 2.10. The zero-order chi connectivity index (χ0) is 13.2. The minimum atomic E-state index is -3.66. The summed E-state index contributed by atoms with van der Waals surface area (Å²) in [5.74, 6) is 1.25. The Morgan fingerprint density at radius 3 is 2.56 bits per heavy atom. The van der Waals surface area contributed by atoms with Crippen LogP contribution in [-0.4, -0.2) is 18.4 Å². The number of aryl methyl sites for hydroxylation is 1. The van der Waals surface area contributed by atoms with E-state index in [-0.39, 0.29) is 16.7 Å². The third kappa shape index (κ3) is 3.06. The fourth-order valence-electron chi connectivity index (χ4n) is 1.27. The molecule has 0 aliphatic carbocycles. The molecule has 0 amide bonds. The van der Waals surface area contributed by atoms with E-state index in [1.165, 1.54) is 0 Å². The monoisotopic (exact) mass is 287 g/mol. The van der Waals surface area contributed by atoms with Gasteiger partial charge in [0.15, 0.2) is 0 Å². The fourth-order valence-corrected chi connectivity index (χ4v) is 2.25. The van der Waals surface area contributed by atoms with E-state index in [4.69, 9.17) is 16.0 Å². The summed E-state index contributed by atoms with van der Waals surface area (Å²) < 4.78 is 31.3. The summed E-state index contributed by atoms with van der Waals surface area (Å²) in [7, 11) is -3.66. The van der Waals surface area contributed by atoms with Gasteiger partial charge in [0.2, 0.25) is 15.3 Å². The molecule has 0 radical (unpaired) electrons. The normalized spacial score (nSPS) is 11.7. The van der Waals surface area contributed by atoms with Gasteiger partial charge in [-0.2, -0.15) is 0 Å². The molecule has 0 atom stereocenters. The van der Waals surface area contributed by atoms with Crippen molar-refractivity contribution in [2.75, 3.05) is 0 Å². The predicted molar refractivity (Wildman–Crippen MR) is 64.5 cm³/mol. The second-order valence-corrected chi connectivity index (χ2v) is 5.63. The van der Waals surface area contributed by atoms with Gasteiger partial charge in [0.25, 0.3) is 0 Å². The van der Waals surface area contributed by atoms with Crippen molar-refractivity contribution in [2.24, 2.45) is 0 Å². The van der Waals surface area contributed by atoms with Gasteiger partial charge in [-0.15, -0.1) is 0 Å². The number of hydrogen-bond acceptors (Lipinski definition) is 5. The highest BCUT2D eigenvalue weighted by molar-refractivity contribution is 7.89. The number of rotatable bonds is 4. The molecule has 8 heteroatoms. The molecule has 2 rings (SSSR count). The van der Waals surface area contributed by atoms with Crippen molar-refractivity contribution >= 4 is 21.6 Å². The maximum atomic E-state index is 11.8. The first-order chi connectivity index (χ1) is 8.47. The van der Waals surface area contributed by atoms with Crippen LogP contribution in [0.15, 0.2) is 33.8 Å². The summed E-state index contributed by atoms with van der Waals surface area (Å²) in [6.07, 6.45) is 2.29. The lowest BCUT2D eigenvalue weighted by molar-refractivity contribution is 0.475. The number of halogens is 1. The van der Waals surface area contributed by atoms with Crippen molar-refractivity contribution in [2.45, 2.75) is 18.4 Å². The molecular formula is C10H10ClN3O3S. The van der Waals surface area contributed by atoms with E-state index in [1.54, 1.807) is 19.1 Å². The summed E-state index contributed by atoms with van der Waals surface area (Å²) in [5.41, 5.74) is 0. The first kappa shape index (κ1) is 13.0. The van der Waals surface area contributed by atoms with Gasteiger partial charge in [-0.3, -0.25) is 0 Å². The SMILES string of the molecule is Cc1ccc(CNS(=O)(=O)c2cnc(Cl)nc2)o1. The first-order valence-electron chi connectivity index (χ1n) is 5.00. The fraction of sp³-hybridized carbons (Fsp3) is 0.200. The van der Waals surface area contributed by atoms with E-state index in [1.807, 2.05) is 0 Å². The Balaban J connectivity index is 2.10. The third-order valence-electron chi connectivity index (χ3n) is 2.14.